The van der Waals surface area contributed by atoms with Crippen LogP contribution in [0, 0.1) is 0 Å². The number of nitrogens with two attached hydrogens (primary N) is 1. The van der Waals surface area contributed by atoms with E-state index >= 15 is 0 Å². The van der Waals surface area contributed by atoms with Gasteiger partial charge in [-0.2, -0.15) is 4.31 Å². The van der Waals surface area contributed by atoms with Crippen molar-refractivity contribution in [3.8, 4) is 0 Å². The van der Waals surface area contributed by atoms with Crippen LogP contribution in [0.4, 0.5) is 5.95 Å². The van der Waals surface area contributed by atoms with Crippen LogP contribution in [0.3, 0.4) is 0 Å². The minimum atomic E-state index is -3.61. The van der Waals surface area contributed by atoms with Gasteiger partial charge in [0.25, 0.3) is 0 Å². The Balaban J connectivity index is 2.22. The lowest BCUT2D eigenvalue weighted by atomic mass is 10.5. The van der Waals surface area contributed by atoms with E-state index in [4.69, 9.17) is 5.73 Å². The van der Waals surface area contributed by atoms with E-state index in [0.717, 1.165) is 0 Å². The Morgan fingerprint density at radius 3 is 2.56 bits per heavy atom. The molecule has 2 N–H and O–H groups in total. The van der Waals surface area contributed by atoms with Crippen molar-refractivity contribution in [2.45, 2.75) is 11.4 Å². The fourth-order valence-corrected chi connectivity index (χ4v) is 2.85. The highest BCUT2D eigenvalue weighted by molar-refractivity contribution is 7.89. The van der Waals surface area contributed by atoms with Gasteiger partial charge in [0.05, 0.1) is 30.1 Å². The Bertz CT molecular complexity index is 609. The first-order chi connectivity index (χ1) is 8.50. The van der Waals surface area contributed by atoms with Crippen LogP contribution >= 0.6 is 11.3 Å². The molecule has 18 heavy (non-hydrogen) atoms. The Labute approximate surface area is 108 Å². The predicted molar refractivity (Wildman–Crippen MR) is 67.2 cm³/mol. The summed E-state index contributed by atoms with van der Waals surface area (Å²) in [5, 5.41) is 1.80. The van der Waals surface area contributed by atoms with Crippen molar-refractivity contribution in [1.29, 1.82) is 0 Å². The third-order valence-corrected chi connectivity index (χ3v) is 4.62. The number of hydrogen-bond acceptors (Lipinski definition) is 7. The molecule has 0 saturated heterocycles. The van der Waals surface area contributed by atoms with E-state index in [9.17, 15) is 8.42 Å². The van der Waals surface area contributed by atoms with Gasteiger partial charge in [0, 0.05) is 12.4 Å². The summed E-state index contributed by atoms with van der Waals surface area (Å²) >= 11 is 1.42. The zero-order valence-electron chi connectivity index (χ0n) is 9.52. The maximum atomic E-state index is 12.2. The zero-order chi connectivity index (χ0) is 13.2. The van der Waals surface area contributed by atoms with Crippen molar-refractivity contribution in [2.24, 2.45) is 0 Å². The molecule has 0 amide bonds. The van der Waals surface area contributed by atoms with Gasteiger partial charge < -0.3 is 5.73 Å². The van der Waals surface area contributed by atoms with Gasteiger partial charge in [0.15, 0.2) is 0 Å². The van der Waals surface area contributed by atoms with Crippen LogP contribution in [0.1, 0.15) is 5.69 Å². The molecule has 2 heterocycles. The highest BCUT2D eigenvalue weighted by Crippen LogP contribution is 2.15. The summed E-state index contributed by atoms with van der Waals surface area (Å²) in [5.41, 5.74) is 7.67. The molecule has 7 nitrogen and oxygen atoms in total. The van der Waals surface area contributed by atoms with E-state index in [2.05, 4.69) is 15.0 Å². The molecule has 0 aliphatic carbocycles. The van der Waals surface area contributed by atoms with Gasteiger partial charge in [-0.05, 0) is 0 Å². The molecule has 96 valence electrons. The summed E-state index contributed by atoms with van der Waals surface area (Å²) in [6, 6.07) is 0. The van der Waals surface area contributed by atoms with Crippen molar-refractivity contribution < 1.29 is 8.42 Å². The van der Waals surface area contributed by atoms with Crippen LogP contribution in [0.2, 0.25) is 0 Å². The predicted octanol–water partition coefficient (Wildman–Crippen LogP) is 0.336. The Morgan fingerprint density at radius 1 is 1.33 bits per heavy atom. The van der Waals surface area contributed by atoms with Gasteiger partial charge in [0.1, 0.15) is 4.90 Å². The molecule has 0 aliphatic heterocycles. The average Bonchev–Trinajstić information content (AvgIpc) is 2.82. The monoisotopic (exact) mass is 285 g/mol. The third kappa shape index (κ3) is 2.63. The number of nitrogens with zero attached hydrogens (tertiary/aromatic N) is 4. The minimum Gasteiger partial charge on any atom is -0.368 e. The summed E-state index contributed by atoms with van der Waals surface area (Å²) in [5.74, 6) is 0.0381. The number of hydrogen-bond donors (Lipinski definition) is 1. The number of aromatic nitrogens is 3. The number of sulfonamides is 1. The van der Waals surface area contributed by atoms with Crippen LogP contribution in [0.15, 0.2) is 28.2 Å². The number of rotatable bonds is 4. The van der Waals surface area contributed by atoms with Gasteiger partial charge in [-0.15, -0.1) is 11.3 Å². The van der Waals surface area contributed by atoms with Crippen molar-refractivity contribution in [3.05, 3.63) is 29.0 Å². The molecule has 0 bridgehead atoms. The molecule has 0 unspecified atom stereocenters. The zero-order valence-corrected chi connectivity index (χ0v) is 11.1. The summed E-state index contributed by atoms with van der Waals surface area (Å²) in [4.78, 5) is 11.4. The third-order valence-electron chi connectivity index (χ3n) is 2.22. The second kappa shape index (κ2) is 4.96. The van der Waals surface area contributed by atoms with Crippen LogP contribution in [-0.4, -0.2) is 34.7 Å². The van der Waals surface area contributed by atoms with E-state index in [1.54, 1.807) is 10.9 Å². The SMILES string of the molecule is CN(Cc1cscn1)S(=O)(=O)c1cnc(N)nc1. The molecule has 0 aliphatic rings. The van der Waals surface area contributed by atoms with Gasteiger partial charge >= 0.3 is 0 Å². The maximum absolute atomic E-state index is 12.2. The first kappa shape index (κ1) is 12.9. The number of anilines is 1. The topological polar surface area (TPSA) is 102 Å². The first-order valence-electron chi connectivity index (χ1n) is 4.91. The molecule has 0 spiro atoms. The van der Waals surface area contributed by atoms with Gasteiger partial charge in [-0.1, -0.05) is 0 Å². The van der Waals surface area contributed by atoms with E-state index in [0.29, 0.717) is 5.69 Å². The van der Waals surface area contributed by atoms with Gasteiger partial charge in [0.2, 0.25) is 16.0 Å². The lowest BCUT2D eigenvalue weighted by molar-refractivity contribution is 0.462. The number of thiazole rings is 1. The molecule has 0 atom stereocenters. The molecular formula is C9H11N5O2S2. The maximum Gasteiger partial charge on any atom is 0.246 e. The first-order valence-corrected chi connectivity index (χ1v) is 7.29. The quantitative estimate of drug-likeness (QED) is 0.868. The fourth-order valence-electron chi connectivity index (χ4n) is 1.27. The summed E-state index contributed by atoms with van der Waals surface area (Å²) < 4.78 is 25.5. The normalized spacial score (nSPS) is 11.9. The molecule has 0 fully saturated rings. The second-order valence-corrected chi connectivity index (χ2v) is 6.28. The van der Waals surface area contributed by atoms with Crippen molar-refractivity contribution in [3.63, 3.8) is 0 Å². The van der Waals surface area contributed by atoms with Crippen LogP contribution < -0.4 is 5.73 Å². The van der Waals surface area contributed by atoms with Crippen LogP contribution in [0.5, 0.6) is 0 Å². The molecule has 2 rings (SSSR count). The fraction of sp³-hybridized carbons (Fsp3) is 0.222. The van der Waals surface area contributed by atoms with Crippen LogP contribution in [-0.2, 0) is 16.6 Å². The van der Waals surface area contributed by atoms with E-state index < -0.39 is 10.0 Å². The Kier molecular flexibility index (Phi) is 3.55. The van der Waals surface area contributed by atoms with Crippen molar-refractivity contribution in [2.75, 3.05) is 12.8 Å². The molecule has 2 aromatic rings. The summed E-state index contributed by atoms with van der Waals surface area (Å²) in [7, 11) is -2.14. The highest BCUT2D eigenvalue weighted by Gasteiger charge is 2.22. The lowest BCUT2D eigenvalue weighted by Crippen LogP contribution is -2.27. The van der Waals surface area contributed by atoms with E-state index in [1.165, 1.54) is 35.1 Å². The molecule has 9 heteroatoms. The lowest BCUT2D eigenvalue weighted by Gasteiger charge is -2.15. The van der Waals surface area contributed by atoms with E-state index in [1.807, 2.05) is 0 Å². The molecular weight excluding hydrogens is 274 g/mol. The molecule has 0 aromatic carbocycles. The average molecular weight is 285 g/mol. The molecule has 0 radical (unpaired) electrons. The minimum absolute atomic E-state index is 0.00873. The standard InChI is InChI=1S/C9H11N5O2S2/c1-14(4-7-5-17-6-13-7)18(15,16)8-2-11-9(10)12-3-8/h2-3,5-6H,4H2,1H3,(H2,10,11,12). The van der Waals surface area contributed by atoms with Gasteiger partial charge in [-0.3, -0.25) is 0 Å². The smallest absolute Gasteiger partial charge is 0.246 e. The Hall–Kier alpha value is -1.58. The molecule has 0 saturated carbocycles. The van der Waals surface area contributed by atoms with Crippen LogP contribution in [0.25, 0.3) is 0 Å². The van der Waals surface area contributed by atoms with Crippen molar-refractivity contribution in [1.82, 2.24) is 19.3 Å². The Morgan fingerprint density at radius 2 is 2.00 bits per heavy atom. The largest absolute Gasteiger partial charge is 0.368 e. The van der Waals surface area contributed by atoms with Gasteiger partial charge in [-0.25, -0.2) is 23.4 Å². The van der Waals surface area contributed by atoms with Crippen molar-refractivity contribution >= 4 is 27.3 Å². The highest BCUT2D eigenvalue weighted by atomic mass is 32.2. The second-order valence-electron chi connectivity index (χ2n) is 3.52. The summed E-state index contributed by atoms with van der Waals surface area (Å²) in [6.45, 7) is 0.205. The molecule has 2 aromatic heterocycles. The number of nitrogen functional groups attached to an aromatic ring is 1. The summed E-state index contributed by atoms with van der Waals surface area (Å²) in [6.07, 6.45) is 2.38. The van der Waals surface area contributed by atoms with E-state index in [-0.39, 0.29) is 17.4 Å².